The Morgan fingerprint density at radius 1 is 1.36 bits per heavy atom. The third kappa shape index (κ3) is 2.02. The Hall–Kier alpha value is -1.93. The Kier molecular flexibility index (Phi) is 3.16. The molecule has 7 nitrogen and oxygen atoms in total. The molecule has 4 heterocycles. The smallest absolute Gasteiger partial charge is 0.165 e. The fraction of sp³-hybridized carbons (Fsp3) is 0.357. The molecule has 4 rings (SSSR count). The Balaban J connectivity index is 1.93. The minimum absolute atomic E-state index is 0.373. The average molecular weight is 362 g/mol. The summed E-state index contributed by atoms with van der Waals surface area (Å²) in [6.45, 7) is 1.94. The molecule has 3 N–H and O–H groups in total. The number of hydrogen-bond acceptors (Lipinski definition) is 5. The van der Waals surface area contributed by atoms with Gasteiger partial charge in [-0.15, -0.1) is 0 Å². The molecule has 22 heavy (non-hydrogen) atoms. The summed E-state index contributed by atoms with van der Waals surface area (Å²) in [6.07, 6.45) is 6.62. The van der Waals surface area contributed by atoms with Gasteiger partial charge in [-0.05, 0) is 28.9 Å². The lowest BCUT2D eigenvalue weighted by molar-refractivity contribution is 0.727. The topological polar surface area (TPSA) is 86.1 Å². The molecule has 1 fully saturated rings. The van der Waals surface area contributed by atoms with E-state index < -0.39 is 0 Å². The van der Waals surface area contributed by atoms with Gasteiger partial charge in [0.05, 0.1) is 22.6 Å². The van der Waals surface area contributed by atoms with Crippen LogP contribution in [-0.4, -0.2) is 37.5 Å². The second-order valence-electron chi connectivity index (χ2n) is 5.58. The van der Waals surface area contributed by atoms with Gasteiger partial charge < -0.3 is 11.1 Å². The van der Waals surface area contributed by atoms with Crippen LogP contribution >= 0.6 is 15.9 Å². The van der Waals surface area contributed by atoms with Gasteiger partial charge in [-0.1, -0.05) is 0 Å². The highest BCUT2D eigenvalue weighted by Crippen LogP contribution is 2.34. The SMILES string of the molecule is Cn1cc(-c2cnn3c(N)c(Br)c([C@@H]4CCNC4)nc23)cn1. The van der Waals surface area contributed by atoms with Crippen molar-refractivity contribution in [1.82, 2.24) is 29.7 Å². The maximum absolute atomic E-state index is 6.26. The molecule has 0 aliphatic carbocycles. The Morgan fingerprint density at radius 2 is 2.23 bits per heavy atom. The lowest BCUT2D eigenvalue weighted by atomic mass is 10.0. The van der Waals surface area contributed by atoms with Gasteiger partial charge in [0.25, 0.3) is 0 Å². The number of nitrogen functional groups attached to an aromatic ring is 1. The molecular weight excluding hydrogens is 346 g/mol. The van der Waals surface area contributed by atoms with Crippen LogP contribution in [0.1, 0.15) is 18.0 Å². The van der Waals surface area contributed by atoms with E-state index in [9.17, 15) is 0 Å². The molecule has 0 amide bonds. The lowest BCUT2D eigenvalue weighted by Gasteiger charge is -2.13. The molecule has 0 spiro atoms. The molecule has 1 aliphatic rings. The molecule has 1 aliphatic heterocycles. The molecule has 114 valence electrons. The van der Waals surface area contributed by atoms with Gasteiger partial charge in [0, 0.05) is 36.8 Å². The first-order chi connectivity index (χ1) is 10.6. The maximum atomic E-state index is 6.26. The maximum Gasteiger partial charge on any atom is 0.165 e. The minimum Gasteiger partial charge on any atom is -0.383 e. The summed E-state index contributed by atoms with van der Waals surface area (Å²) >= 11 is 3.59. The van der Waals surface area contributed by atoms with Crippen LogP contribution in [0.5, 0.6) is 0 Å². The summed E-state index contributed by atoms with van der Waals surface area (Å²) in [7, 11) is 1.89. The van der Waals surface area contributed by atoms with Gasteiger partial charge >= 0.3 is 0 Å². The first-order valence-corrected chi connectivity index (χ1v) is 7.97. The number of aryl methyl sites for hydroxylation is 1. The van der Waals surface area contributed by atoms with Gasteiger partial charge in [-0.3, -0.25) is 4.68 Å². The van der Waals surface area contributed by atoms with Crippen molar-refractivity contribution in [2.75, 3.05) is 18.8 Å². The van der Waals surface area contributed by atoms with Gasteiger partial charge in [0.2, 0.25) is 0 Å². The highest BCUT2D eigenvalue weighted by molar-refractivity contribution is 9.10. The van der Waals surface area contributed by atoms with Crippen molar-refractivity contribution in [3.63, 3.8) is 0 Å². The van der Waals surface area contributed by atoms with E-state index in [1.807, 2.05) is 19.4 Å². The summed E-state index contributed by atoms with van der Waals surface area (Å²) in [5.41, 5.74) is 9.96. The molecule has 0 aromatic carbocycles. The van der Waals surface area contributed by atoms with Crippen molar-refractivity contribution < 1.29 is 0 Å². The monoisotopic (exact) mass is 361 g/mol. The number of nitrogens with two attached hydrogens (primary N) is 1. The predicted octanol–water partition coefficient (Wildman–Crippen LogP) is 1.55. The largest absolute Gasteiger partial charge is 0.383 e. The molecule has 0 bridgehead atoms. The summed E-state index contributed by atoms with van der Waals surface area (Å²) in [4.78, 5) is 4.86. The molecule has 3 aromatic rings. The zero-order valence-electron chi connectivity index (χ0n) is 12.1. The Morgan fingerprint density at radius 3 is 2.91 bits per heavy atom. The van der Waals surface area contributed by atoms with Crippen LogP contribution in [0.2, 0.25) is 0 Å². The Bertz CT molecular complexity index is 844. The number of anilines is 1. The van der Waals surface area contributed by atoms with E-state index in [0.29, 0.717) is 11.7 Å². The quantitative estimate of drug-likeness (QED) is 0.723. The summed E-state index contributed by atoms with van der Waals surface area (Å²) < 4.78 is 4.29. The van der Waals surface area contributed by atoms with Crippen molar-refractivity contribution in [1.29, 1.82) is 0 Å². The Labute approximate surface area is 135 Å². The summed E-state index contributed by atoms with van der Waals surface area (Å²) in [5.74, 6) is 0.959. The van der Waals surface area contributed by atoms with Crippen LogP contribution in [0.3, 0.4) is 0 Å². The average Bonchev–Trinajstić information content (AvgIpc) is 3.22. The van der Waals surface area contributed by atoms with E-state index in [1.165, 1.54) is 0 Å². The van der Waals surface area contributed by atoms with Crippen molar-refractivity contribution >= 4 is 27.4 Å². The number of fused-ring (bicyclic) bond motifs is 1. The van der Waals surface area contributed by atoms with Gasteiger partial charge in [-0.2, -0.15) is 14.7 Å². The number of nitrogens with zero attached hydrogens (tertiary/aromatic N) is 5. The van der Waals surface area contributed by atoms with Crippen LogP contribution in [0.25, 0.3) is 16.8 Å². The number of nitrogens with one attached hydrogen (secondary N) is 1. The van der Waals surface area contributed by atoms with E-state index in [4.69, 9.17) is 10.7 Å². The summed E-state index contributed by atoms with van der Waals surface area (Å²) in [6, 6.07) is 0. The highest BCUT2D eigenvalue weighted by Gasteiger charge is 2.24. The second kappa shape index (κ2) is 5.06. The third-order valence-corrected chi connectivity index (χ3v) is 4.92. The van der Waals surface area contributed by atoms with Gasteiger partial charge in [0.15, 0.2) is 5.65 Å². The molecule has 0 saturated carbocycles. The fourth-order valence-electron chi connectivity index (χ4n) is 2.94. The fourth-order valence-corrected chi connectivity index (χ4v) is 3.52. The minimum atomic E-state index is 0.373. The van der Waals surface area contributed by atoms with E-state index >= 15 is 0 Å². The number of hydrogen-bond donors (Lipinski definition) is 2. The standard InChI is InChI=1S/C14H16BrN7/c1-21-7-9(5-18-21)10-6-19-22-13(16)11(15)12(20-14(10)22)8-2-3-17-4-8/h5-8,17H,2-4,16H2,1H3/t8-/m1/s1. The number of aromatic nitrogens is 5. The van der Waals surface area contributed by atoms with E-state index in [1.54, 1.807) is 15.4 Å². The highest BCUT2D eigenvalue weighted by atomic mass is 79.9. The normalized spacial score (nSPS) is 18.4. The second-order valence-corrected chi connectivity index (χ2v) is 6.38. The van der Waals surface area contributed by atoms with Crippen LogP contribution in [0.15, 0.2) is 23.1 Å². The first-order valence-electron chi connectivity index (χ1n) is 7.17. The van der Waals surface area contributed by atoms with Crippen molar-refractivity contribution in [2.45, 2.75) is 12.3 Å². The molecule has 0 radical (unpaired) electrons. The number of halogens is 1. The van der Waals surface area contributed by atoms with E-state index in [0.717, 1.165) is 46.5 Å². The molecule has 1 atom stereocenters. The number of rotatable bonds is 2. The van der Waals surface area contributed by atoms with Gasteiger partial charge in [-0.25, -0.2) is 4.98 Å². The zero-order chi connectivity index (χ0) is 15.3. The van der Waals surface area contributed by atoms with Crippen LogP contribution in [0.4, 0.5) is 5.82 Å². The van der Waals surface area contributed by atoms with E-state index in [-0.39, 0.29) is 0 Å². The summed E-state index contributed by atoms with van der Waals surface area (Å²) in [5, 5.41) is 12.0. The molecule has 8 heteroatoms. The van der Waals surface area contributed by atoms with Gasteiger partial charge in [0.1, 0.15) is 5.82 Å². The van der Waals surface area contributed by atoms with Crippen LogP contribution in [0, 0.1) is 0 Å². The molecule has 0 unspecified atom stereocenters. The van der Waals surface area contributed by atoms with Crippen molar-refractivity contribution in [2.24, 2.45) is 7.05 Å². The molecule has 1 saturated heterocycles. The first kappa shape index (κ1) is 13.7. The predicted molar refractivity (Wildman–Crippen MR) is 87.5 cm³/mol. The zero-order valence-corrected chi connectivity index (χ0v) is 13.7. The lowest BCUT2D eigenvalue weighted by Crippen LogP contribution is -2.12. The van der Waals surface area contributed by atoms with Crippen molar-refractivity contribution in [3.05, 3.63) is 28.8 Å². The van der Waals surface area contributed by atoms with E-state index in [2.05, 4.69) is 31.4 Å². The third-order valence-electron chi connectivity index (χ3n) is 4.11. The van der Waals surface area contributed by atoms with Crippen LogP contribution in [-0.2, 0) is 7.05 Å². The molecule has 3 aromatic heterocycles. The molecular formula is C14H16BrN7. The van der Waals surface area contributed by atoms with Crippen molar-refractivity contribution in [3.8, 4) is 11.1 Å². The van der Waals surface area contributed by atoms with Crippen LogP contribution < -0.4 is 11.1 Å².